The van der Waals surface area contributed by atoms with Gasteiger partial charge in [-0.25, -0.2) is 0 Å². The molecule has 4 heteroatoms. The second-order valence-electron chi connectivity index (χ2n) is 6.03. The lowest BCUT2D eigenvalue weighted by molar-refractivity contribution is -0.125. The Morgan fingerprint density at radius 1 is 1.09 bits per heavy atom. The first-order valence-corrected chi connectivity index (χ1v) is 7.79. The van der Waals surface area contributed by atoms with Crippen molar-refractivity contribution in [2.24, 2.45) is 0 Å². The van der Waals surface area contributed by atoms with Crippen LogP contribution in [0.4, 0.5) is 11.4 Å². The molecule has 0 saturated heterocycles. The van der Waals surface area contributed by atoms with Crippen LogP contribution >= 0.6 is 0 Å². The van der Waals surface area contributed by atoms with Crippen LogP contribution < -0.4 is 10.2 Å². The van der Waals surface area contributed by atoms with E-state index < -0.39 is 0 Å². The molecule has 23 heavy (non-hydrogen) atoms. The monoisotopic (exact) mass is 308 g/mol. The number of hydrogen-bond donors (Lipinski definition) is 1. The fraction of sp³-hybridized carbons (Fsp3) is 0.263. The predicted octanol–water partition coefficient (Wildman–Crippen LogP) is 3.22. The van der Waals surface area contributed by atoms with Crippen LogP contribution in [0.15, 0.2) is 42.5 Å². The molecule has 0 bridgehead atoms. The Hall–Kier alpha value is -2.62. The molecule has 0 saturated carbocycles. The summed E-state index contributed by atoms with van der Waals surface area (Å²) >= 11 is 0. The van der Waals surface area contributed by atoms with Gasteiger partial charge in [-0.15, -0.1) is 0 Å². The van der Waals surface area contributed by atoms with Gasteiger partial charge in [0.2, 0.25) is 11.8 Å². The molecular formula is C19H20N2O2. The Labute approximate surface area is 136 Å². The number of fused-ring (bicyclic) bond motifs is 1. The number of anilines is 2. The highest BCUT2D eigenvalue weighted by molar-refractivity contribution is 6.09. The van der Waals surface area contributed by atoms with Gasteiger partial charge in [-0.05, 0) is 55.2 Å². The maximum absolute atomic E-state index is 12.4. The van der Waals surface area contributed by atoms with Crippen molar-refractivity contribution in [3.8, 4) is 0 Å². The van der Waals surface area contributed by atoms with E-state index in [1.807, 2.05) is 56.3 Å². The third-order valence-corrected chi connectivity index (χ3v) is 4.01. The van der Waals surface area contributed by atoms with Gasteiger partial charge in [-0.2, -0.15) is 0 Å². The summed E-state index contributed by atoms with van der Waals surface area (Å²) in [5.74, 6) is -0.429. The number of nitrogens with one attached hydrogen (secondary N) is 1. The van der Waals surface area contributed by atoms with Crippen molar-refractivity contribution in [2.45, 2.75) is 26.7 Å². The fourth-order valence-electron chi connectivity index (χ4n) is 3.08. The van der Waals surface area contributed by atoms with Crippen LogP contribution in [0.5, 0.6) is 0 Å². The molecule has 4 nitrogen and oxygen atoms in total. The minimum absolute atomic E-state index is 0.138. The van der Waals surface area contributed by atoms with Crippen LogP contribution in [0.3, 0.4) is 0 Å². The minimum atomic E-state index is -0.274. The molecule has 1 heterocycles. The summed E-state index contributed by atoms with van der Waals surface area (Å²) < 4.78 is 0. The van der Waals surface area contributed by atoms with E-state index in [-0.39, 0.29) is 18.2 Å². The zero-order chi connectivity index (χ0) is 16.4. The first kappa shape index (κ1) is 15.3. The molecule has 0 atom stereocenters. The fourth-order valence-corrected chi connectivity index (χ4v) is 3.08. The van der Waals surface area contributed by atoms with E-state index in [1.54, 1.807) is 4.90 Å². The van der Waals surface area contributed by atoms with E-state index in [0.717, 1.165) is 34.5 Å². The second-order valence-corrected chi connectivity index (χ2v) is 6.03. The second kappa shape index (κ2) is 6.24. The van der Waals surface area contributed by atoms with Gasteiger partial charge in [0.05, 0.1) is 0 Å². The third-order valence-electron chi connectivity index (χ3n) is 4.01. The van der Waals surface area contributed by atoms with E-state index in [1.165, 1.54) is 0 Å². The zero-order valence-corrected chi connectivity index (χ0v) is 13.4. The molecule has 1 aliphatic rings. The van der Waals surface area contributed by atoms with Gasteiger partial charge in [0.25, 0.3) is 0 Å². The van der Waals surface area contributed by atoms with Crippen molar-refractivity contribution in [1.82, 2.24) is 0 Å². The van der Waals surface area contributed by atoms with Crippen molar-refractivity contribution in [3.05, 3.63) is 59.2 Å². The largest absolute Gasteiger partial charge is 0.326 e. The number of benzene rings is 2. The van der Waals surface area contributed by atoms with Crippen LogP contribution in [-0.4, -0.2) is 18.4 Å². The number of aryl methyl sites for hydroxylation is 2. The highest BCUT2D eigenvalue weighted by Gasteiger charge is 2.25. The van der Waals surface area contributed by atoms with Crippen molar-refractivity contribution < 1.29 is 9.59 Å². The number of carbonyl (C=O) groups is 2. The molecule has 0 aromatic heterocycles. The lowest BCUT2D eigenvalue weighted by Gasteiger charge is -2.17. The molecule has 1 aliphatic heterocycles. The van der Waals surface area contributed by atoms with Gasteiger partial charge in [0.15, 0.2) is 0 Å². The molecule has 2 amide bonds. The van der Waals surface area contributed by atoms with Gasteiger partial charge < -0.3 is 10.2 Å². The maximum Gasteiger partial charge on any atom is 0.236 e. The molecule has 2 aromatic rings. The lowest BCUT2D eigenvalue weighted by atomic mass is 10.1. The molecule has 118 valence electrons. The molecule has 0 unspecified atom stereocenters. The van der Waals surface area contributed by atoms with Gasteiger partial charge >= 0.3 is 0 Å². The Balaban J connectivity index is 1.65. The molecular weight excluding hydrogens is 288 g/mol. The first-order valence-electron chi connectivity index (χ1n) is 7.79. The van der Waals surface area contributed by atoms with E-state index in [4.69, 9.17) is 0 Å². The third kappa shape index (κ3) is 3.42. The summed E-state index contributed by atoms with van der Waals surface area (Å²) in [6, 6.07) is 13.7. The van der Waals surface area contributed by atoms with Gasteiger partial charge in [-0.3, -0.25) is 9.59 Å². The Bertz CT molecular complexity index is 747. The van der Waals surface area contributed by atoms with E-state index in [2.05, 4.69) is 5.32 Å². The molecule has 2 aromatic carbocycles. The average Bonchev–Trinajstić information content (AvgIpc) is 2.89. The quantitative estimate of drug-likeness (QED) is 0.885. The SMILES string of the molecule is Cc1cc(C)cc(NC(=O)CC(=O)N2CCc3ccccc32)c1. The normalized spacial score (nSPS) is 12.9. The maximum atomic E-state index is 12.4. The molecule has 0 aliphatic carbocycles. The average molecular weight is 308 g/mol. The van der Waals surface area contributed by atoms with Crippen LogP contribution in [0.25, 0.3) is 0 Å². The number of nitrogens with zero attached hydrogens (tertiary/aromatic N) is 1. The lowest BCUT2D eigenvalue weighted by Crippen LogP contribution is -2.32. The number of hydrogen-bond acceptors (Lipinski definition) is 2. The Morgan fingerprint density at radius 3 is 2.52 bits per heavy atom. The topological polar surface area (TPSA) is 49.4 Å². The Morgan fingerprint density at radius 2 is 1.78 bits per heavy atom. The van der Waals surface area contributed by atoms with Crippen LogP contribution in [-0.2, 0) is 16.0 Å². The molecule has 0 radical (unpaired) electrons. The number of amides is 2. The molecule has 0 fully saturated rings. The zero-order valence-electron chi connectivity index (χ0n) is 13.4. The summed E-state index contributed by atoms with van der Waals surface area (Å²) in [5, 5.41) is 2.82. The summed E-state index contributed by atoms with van der Waals surface area (Å²) in [6.45, 7) is 4.61. The van der Waals surface area contributed by atoms with Crippen LogP contribution in [0.1, 0.15) is 23.1 Å². The Kier molecular flexibility index (Phi) is 4.15. The highest BCUT2D eigenvalue weighted by Crippen LogP contribution is 2.27. The molecule has 0 spiro atoms. The van der Waals surface area contributed by atoms with Crippen molar-refractivity contribution in [1.29, 1.82) is 0 Å². The highest BCUT2D eigenvalue weighted by atomic mass is 16.2. The summed E-state index contributed by atoms with van der Waals surface area (Å²) in [5.41, 5.74) is 4.99. The summed E-state index contributed by atoms with van der Waals surface area (Å²) in [7, 11) is 0. The summed E-state index contributed by atoms with van der Waals surface area (Å²) in [6.07, 6.45) is 0.710. The van der Waals surface area contributed by atoms with Gasteiger partial charge in [0, 0.05) is 17.9 Å². The number of carbonyl (C=O) groups excluding carboxylic acids is 2. The summed E-state index contributed by atoms with van der Waals surface area (Å²) in [4.78, 5) is 26.3. The molecule has 1 N–H and O–H groups in total. The first-order chi connectivity index (χ1) is 11.0. The number of rotatable bonds is 3. The van der Waals surface area contributed by atoms with E-state index in [9.17, 15) is 9.59 Å². The van der Waals surface area contributed by atoms with Gasteiger partial charge in [-0.1, -0.05) is 24.3 Å². The minimum Gasteiger partial charge on any atom is -0.326 e. The van der Waals surface area contributed by atoms with Gasteiger partial charge in [0.1, 0.15) is 6.42 Å². The van der Waals surface area contributed by atoms with Crippen LogP contribution in [0.2, 0.25) is 0 Å². The standard InChI is InChI=1S/C19H20N2O2/c1-13-9-14(2)11-16(10-13)20-18(22)12-19(23)21-8-7-15-5-3-4-6-17(15)21/h3-6,9-11H,7-8,12H2,1-2H3,(H,20,22). The predicted molar refractivity (Wildman–Crippen MR) is 91.7 cm³/mol. The smallest absolute Gasteiger partial charge is 0.236 e. The molecule has 3 rings (SSSR count). The van der Waals surface area contributed by atoms with Crippen molar-refractivity contribution >= 4 is 23.2 Å². The van der Waals surface area contributed by atoms with Crippen molar-refractivity contribution in [2.75, 3.05) is 16.8 Å². The van der Waals surface area contributed by atoms with Crippen molar-refractivity contribution in [3.63, 3.8) is 0 Å². The van der Waals surface area contributed by atoms with E-state index >= 15 is 0 Å². The number of para-hydroxylation sites is 1. The van der Waals surface area contributed by atoms with E-state index in [0.29, 0.717) is 6.54 Å². The van der Waals surface area contributed by atoms with Crippen LogP contribution in [0, 0.1) is 13.8 Å².